The number of carbonyl (C=O) groups excluding carboxylic acids is 1. The highest BCUT2D eigenvalue weighted by atomic mass is 32.2. The average Bonchev–Trinajstić information content (AvgIpc) is 2.60. The van der Waals surface area contributed by atoms with Gasteiger partial charge in [-0.25, -0.2) is 0 Å². The number of phenolic OH excluding ortho intramolecular Hbond substituents is 1. The molecule has 0 atom stereocenters. The Morgan fingerprint density at radius 3 is 2.46 bits per heavy atom. The van der Waals surface area contributed by atoms with Crippen molar-refractivity contribution in [1.82, 2.24) is 0 Å². The fourth-order valence-electron chi connectivity index (χ4n) is 2.79. The first kappa shape index (κ1) is 19.3. The molecule has 1 amide bonds. The van der Waals surface area contributed by atoms with Gasteiger partial charge in [-0.05, 0) is 42.1 Å². The van der Waals surface area contributed by atoms with E-state index >= 15 is 0 Å². The number of amides is 1. The Morgan fingerprint density at radius 1 is 1.11 bits per heavy atom. The van der Waals surface area contributed by atoms with Crippen LogP contribution in [0.2, 0.25) is 0 Å². The zero-order valence-corrected chi connectivity index (χ0v) is 15.2. The number of phenols is 1. The lowest BCUT2D eigenvalue weighted by Gasteiger charge is -2.10. The maximum Gasteiger partial charge on any atom is 0.295 e. The Hall–Kier alpha value is -3.50. The number of benzene rings is 3. The van der Waals surface area contributed by atoms with Gasteiger partial charge in [0.05, 0.1) is 4.92 Å². The van der Waals surface area contributed by atoms with Crippen molar-refractivity contribution in [3.8, 4) is 5.75 Å². The first-order valence-corrected chi connectivity index (χ1v) is 9.31. The van der Waals surface area contributed by atoms with Gasteiger partial charge in [0.1, 0.15) is 16.2 Å². The van der Waals surface area contributed by atoms with E-state index in [0.717, 1.165) is 6.07 Å². The fraction of sp³-hybridized carbons (Fsp3) is 0.0556. The summed E-state index contributed by atoms with van der Waals surface area (Å²) in [5.41, 5.74) is 0.292. The van der Waals surface area contributed by atoms with E-state index in [0.29, 0.717) is 10.9 Å². The molecule has 0 aromatic heterocycles. The molecule has 144 valence electrons. The summed E-state index contributed by atoms with van der Waals surface area (Å²) in [6.45, 7) is 1.68. The number of nitrogens with zero attached hydrogens (tertiary/aromatic N) is 1. The zero-order chi connectivity index (χ0) is 20.6. The molecule has 0 saturated carbocycles. The molecule has 3 aromatic rings. The van der Waals surface area contributed by atoms with Crippen LogP contribution < -0.4 is 5.32 Å². The third-order valence-corrected chi connectivity index (χ3v) is 4.92. The topological polar surface area (TPSA) is 147 Å². The van der Waals surface area contributed by atoms with Gasteiger partial charge in [0, 0.05) is 23.2 Å². The lowest BCUT2D eigenvalue weighted by molar-refractivity contribution is -0.385. The number of carbonyl (C=O) groups is 1. The second-order valence-electron chi connectivity index (χ2n) is 6.09. The van der Waals surface area contributed by atoms with Gasteiger partial charge in [-0.3, -0.25) is 19.5 Å². The molecule has 0 spiro atoms. The first-order valence-electron chi connectivity index (χ1n) is 7.87. The van der Waals surface area contributed by atoms with Crippen molar-refractivity contribution in [3.63, 3.8) is 0 Å². The second kappa shape index (κ2) is 6.91. The third-order valence-electron chi connectivity index (χ3n) is 4.03. The molecule has 0 aliphatic rings. The number of hydrogen-bond donors (Lipinski definition) is 3. The molecule has 0 unspecified atom stereocenters. The largest absolute Gasteiger partial charge is 0.508 e. The highest BCUT2D eigenvalue weighted by Gasteiger charge is 2.21. The van der Waals surface area contributed by atoms with Crippen LogP contribution in [0, 0.1) is 17.0 Å². The standard InChI is InChI=1S/C18H14N2O7S/c1-10-2-5-16(20(23)24)15(6-10)18(22)19-12-4-3-11-7-13(21)9-17(14(11)8-12)28(25,26)27/h2-9,21H,1H3,(H,19,22)(H,25,26,27). The summed E-state index contributed by atoms with van der Waals surface area (Å²) < 4.78 is 32.6. The van der Waals surface area contributed by atoms with E-state index in [9.17, 15) is 33.0 Å². The predicted octanol–water partition coefficient (Wildman–Crippen LogP) is 3.26. The molecule has 0 radical (unpaired) electrons. The van der Waals surface area contributed by atoms with Crippen molar-refractivity contribution in [3.05, 3.63) is 69.8 Å². The molecule has 28 heavy (non-hydrogen) atoms. The second-order valence-corrected chi connectivity index (χ2v) is 7.48. The Balaban J connectivity index is 2.07. The minimum atomic E-state index is -4.63. The number of nitro groups is 1. The molecule has 9 nitrogen and oxygen atoms in total. The minimum absolute atomic E-state index is 0.0665. The van der Waals surface area contributed by atoms with Crippen molar-refractivity contribution in [2.75, 3.05) is 5.32 Å². The van der Waals surface area contributed by atoms with Gasteiger partial charge in [0.2, 0.25) is 0 Å². The smallest absolute Gasteiger partial charge is 0.295 e. The quantitative estimate of drug-likeness (QED) is 0.345. The molecular formula is C18H14N2O7S. The summed E-state index contributed by atoms with van der Waals surface area (Å²) in [6, 6.07) is 10.4. The molecule has 0 heterocycles. The molecule has 3 N–H and O–H groups in total. The van der Waals surface area contributed by atoms with Crippen LogP contribution in [-0.2, 0) is 10.1 Å². The van der Waals surface area contributed by atoms with Crippen molar-refractivity contribution in [2.24, 2.45) is 0 Å². The van der Waals surface area contributed by atoms with Crippen LogP contribution in [0.15, 0.2) is 53.4 Å². The van der Waals surface area contributed by atoms with Crippen LogP contribution in [0.25, 0.3) is 10.8 Å². The first-order chi connectivity index (χ1) is 13.1. The number of nitrogens with one attached hydrogen (secondary N) is 1. The highest BCUT2D eigenvalue weighted by Crippen LogP contribution is 2.31. The number of aryl methyl sites for hydroxylation is 1. The van der Waals surface area contributed by atoms with Crippen molar-refractivity contribution >= 4 is 38.2 Å². The van der Waals surface area contributed by atoms with Crippen LogP contribution in [0.5, 0.6) is 5.75 Å². The van der Waals surface area contributed by atoms with Gasteiger partial charge >= 0.3 is 0 Å². The molecule has 0 aliphatic heterocycles. The summed E-state index contributed by atoms with van der Waals surface area (Å²) in [4.78, 5) is 22.5. The predicted molar refractivity (Wildman–Crippen MR) is 101 cm³/mol. The number of hydrogen-bond acceptors (Lipinski definition) is 6. The van der Waals surface area contributed by atoms with Crippen molar-refractivity contribution < 1.29 is 27.8 Å². The summed E-state index contributed by atoms with van der Waals surface area (Å²) in [7, 11) is -4.63. The number of nitro benzene ring substituents is 1. The molecule has 3 rings (SSSR count). The zero-order valence-electron chi connectivity index (χ0n) is 14.4. The van der Waals surface area contributed by atoms with Gasteiger partial charge in [0.25, 0.3) is 21.7 Å². The fourth-order valence-corrected chi connectivity index (χ4v) is 3.51. The molecular weight excluding hydrogens is 388 g/mol. The Morgan fingerprint density at radius 2 is 1.82 bits per heavy atom. The van der Waals surface area contributed by atoms with Crippen LogP contribution in [0.1, 0.15) is 15.9 Å². The summed E-state index contributed by atoms with van der Waals surface area (Å²) >= 11 is 0. The lowest BCUT2D eigenvalue weighted by atomic mass is 10.1. The summed E-state index contributed by atoms with van der Waals surface area (Å²) in [6.07, 6.45) is 0. The number of aromatic hydroxyl groups is 1. The van der Waals surface area contributed by atoms with Gasteiger partial charge in [-0.1, -0.05) is 12.1 Å². The maximum absolute atomic E-state index is 12.5. The summed E-state index contributed by atoms with van der Waals surface area (Å²) in [5.74, 6) is -1.10. The Labute approximate surface area is 159 Å². The van der Waals surface area contributed by atoms with Crippen molar-refractivity contribution in [1.29, 1.82) is 0 Å². The van der Waals surface area contributed by atoms with E-state index in [4.69, 9.17) is 0 Å². The van der Waals surface area contributed by atoms with Crippen LogP contribution >= 0.6 is 0 Å². The molecule has 0 fully saturated rings. The average molecular weight is 402 g/mol. The summed E-state index contributed by atoms with van der Waals surface area (Å²) in [5, 5.41) is 23.7. The van der Waals surface area contributed by atoms with E-state index in [2.05, 4.69) is 5.32 Å². The van der Waals surface area contributed by atoms with Crippen LogP contribution in [0.3, 0.4) is 0 Å². The van der Waals surface area contributed by atoms with Gasteiger partial charge in [-0.15, -0.1) is 0 Å². The van der Waals surface area contributed by atoms with E-state index in [-0.39, 0.29) is 28.1 Å². The number of anilines is 1. The molecule has 0 aliphatic carbocycles. The van der Waals surface area contributed by atoms with E-state index in [1.54, 1.807) is 6.92 Å². The molecule has 10 heteroatoms. The van der Waals surface area contributed by atoms with Gasteiger partial charge < -0.3 is 10.4 Å². The highest BCUT2D eigenvalue weighted by molar-refractivity contribution is 7.86. The SMILES string of the molecule is Cc1ccc([N+](=O)[O-])c(C(=O)Nc2ccc3cc(O)cc(S(=O)(=O)O)c3c2)c1. The number of rotatable bonds is 4. The maximum atomic E-state index is 12.5. The van der Waals surface area contributed by atoms with E-state index in [1.165, 1.54) is 42.5 Å². The monoisotopic (exact) mass is 402 g/mol. The van der Waals surface area contributed by atoms with Crippen molar-refractivity contribution in [2.45, 2.75) is 11.8 Å². The van der Waals surface area contributed by atoms with Crippen LogP contribution in [0.4, 0.5) is 11.4 Å². The van der Waals surface area contributed by atoms with Crippen LogP contribution in [-0.4, -0.2) is 28.9 Å². The van der Waals surface area contributed by atoms with E-state index in [1.807, 2.05) is 0 Å². The lowest BCUT2D eigenvalue weighted by Crippen LogP contribution is -2.14. The Bertz CT molecular complexity index is 1240. The molecule has 0 saturated heterocycles. The van der Waals surface area contributed by atoms with Gasteiger partial charge in [0.15, 0.2) is 0 Å². The van der Waals surface area contributed by atoms with E-state index < -0.39 is 25.8 Å². The molecule has 3 aromatic carbocycles. The Kier molecular flexibility index (Phi) is 4.75. The molecule has 0 bridgehead atoms. The normalized spacial score (nSPS) is 11.4. The minimum Gasteiger partial charge on any atom is -0.508 e. The third kappa shape index (κ3) is 3.77. The number of fused-ring (bicyclic) bond motifs is 1. The van der Waals surface area contributed by atoms with Gasteiger partial charge in [-0.2, -0.15) is 8.42 Å².